The lowest BCUT2D eigenvalue weighted by Crippen LogP contribution is -2.50. The van der Waals surface area contributed by atoms with Gasteiger partial charge in [-0.3, -0.25) is 4.79 Å². The van der Waals surface area contributed by atoms with Crippen LogP contribution in [-0.4, -0.2) is 28.5 Å². The minimum atomic E-state index is -0.788. The summed E-state index contributed by atoms with van der Waals surface area (Å²) in [6, 6.07) is 26.5. The summed E-state index contributed by atoms with van der Waals surface area (Å²) >= 11 is 0. The van der Waals surface area contributed by atoms with E-state index in [9.17, 15) is 9.59 Å². The fourth-order valence-corrected chi connectivity index (χ4v) is 4.07. The van der Waals surface area contributed by atoms with Crippen LogP contribution in [0.4, 0.5) is 4.79 Å². The van der Waals surface area contributed by atoms with Gasteiger partial charge in [0, 0.05) is 24.9 Å². The van der Waals surface area contributed by atoms with Crippen LogP contribution < -0.4 is 5.32 Å². The number of alkyl carbamates (subject to hydrolysis) is 1. The maximum absolute atomic E-state index is 14.0. The van der Waals surface area contributed by atoms with Gasteiger partial charge in [0.25, 0.3) is 0 Å². The first-order valence-corrected chi connectivity index (χ1v) is 12.1. The number of nitrogens with one attached hydrogen (secondary N) is 1. The lowest BCUT2D eigenvalue weighted by atomic mass is 10.0. The van der Waals surface area contributed by atoms with E-state index in [1.54, 1.807) is 31.9 Å². The Balaban J connectivity index is 1.62. The highest BCUT2D eigenvalue weighted by atomic mass is 16.6. The molecule has 3 aromatic carbocycles. The maximum Gasteiger partial charge on any atom is 0.408 e. The predicted octanol–water partition coefficient (Wildman–Crippen LogP) is 6.10. The molecule has 0 fully saturated rings. The van der Waals surface area contributed by atoms with Crippen LogP contribution in [-0.2, 0) is 29.0 Å². The number of rotatable bonds is 8. The van der Waals surface area contributed by atoms with Crippen LogP contribution >= 0.6 is 0 Å². The predicted molar refractivity (Wildman–Crippen MR) is 140 cm³/mol. The zero-order chi connectivity index (χ0) is 25.5. The number of ether oxygens (including phenoxy) is 1. The number of hydrogen-bond acceptors (Lipinski definition) is 4. The van der Waals surface area contributed by atoms with Gasteiger partial charge in [0.05, 0.1) is 6.26 Å². The van der Waals surface area contributed by atoms with Crippen molar-refractivity contribution in [3.63, 3.8) is 0 Å². The van der Waals surface area contributed by atoms with E-state index in [1.165, 1.54) is 0 Å². The van der Waals surface area contributed by atoms with E-state index in [2.05, 4.69) is 5.32 Å². The van der Waals surface area contributed by atoms with Gasteiger partial charge < -0.3 is 19.4 Å². The Morgan fingerprint density at radius 2 is 1.50 bits per heavy atom. The normalized spacial score (nSPS) is 12.2. The summed E-state index contributed by atoms with van der Waals surface area (Å²) in [5, 5.41) is 3.81. The van der Waals surface area contributed by atoms with Crippen LogP contribution in [0, 0.1) is 0 Å². The summed E-state index contributed by atoms with van der Waals surface area (Å²) in [7, 11) is 0. The molecular weight excluding hydrogens is 452 g/mol. The molecule has 2 amide bonds. The largest absolute Gasteiger partial charge is 0.464 e. The molecule has 6 heteroatoms. The number of amides is 2. The summed E-state index contributed by atoms with van der Waals surface area (Å²) in [4.78, 5) is 28.5. The second-order valence-corrected chi connectivity index (χ2v) is 9.86. The van der Waals surface area contributed by atoms with E-state index in [4.69, 9.17) is 9.15 Å². The molecule has 0 aliphatic rings. The molecule has 1 aromatic heterocycles. The maximum atomic E-state index is 14.0. The van der Waals surface area contributed by atoms with Crippen molar-refractivity contribution in [3.05, 3.63) is 108 Å². The van der Waals surface area contributed by atoms with Crippen molar-refractivity contribution >= 4 is 23.0 Å². The molecule has 4 aromatic rings. The van der Waals surface area contributed by atoms with Crippen molar-refractivity contribution in [2.24, 2.45) is 0 Å². The number of benzene rings is 3. The van der Waals surface area contributed by atoms with Gasteiger partial charge in [-0.1, -0.05) is 66.7 Å². The van der Waals surface area contributed by atoms with Gasteiger partial charge in [0.2, 0.25) is 5.91 Å². The summed E-state index contributed by atoms with van der Waals surface area (Å²) in [6.45, 7) is 6.19. The first-order valence-electron chi connectivity index (χ1n) is 12.1. The third-order valence-electron chi connectivity index (χ3n) is 5.69. The van der Waals surface area contributed by atoms with Crippen molar-refractivity contribution in [1.29, 1.82) is 0 Å². The summed E-state index contributed by atoms with van der Waals surface area (Å²) in [6.07, 6.45) is 1.39. The Bertz CT molecular complexity index is 1290. The minimum absolute atomic E-state index is 0.180. The standard InChI is InChI=1S/C30H32N2O4/c1-30(2,3)36-29(34)31-26(19-22-10-6-4-7-11-22)28(33)32(20-23-12-8-5-9-13-23)21-24-14-15-27-25(18-24)16-17-35-27/h4-18,26H,19-21H2,1-3H3,(H,31,34)/t26-/m1/s1. The van der Waals surface area contributed by atoms with Crippen LogP contribution in [0.25, 0.3) is 11.0 Å². The molecule has 1 heterocycles. The van der Waals surface area contributed by atoms with Crippen LogP contribution in [0.3, 0.4) is 0 Å². The number of carbonyl (C=O) groups is 2. The van der Waals surface area contributed by atoms with Gasteiger partial charge >= 0.3 is 6.09 Å². The van der Waals surface area contributed by atoms with Gasteiger partial charge in [0.1, 0.15) is 17.2 Å². The summed E-state index contributed by atoms with van der Waals surface area (Å²) < 4.78 is 10.9. The molecule has 0 saturated carbocycles. The third-order valence-corrected chi connectivity index (χ3v) is 5.69. The van der Waals surface area contributed by atoms with Crippen molar-refractivity contribution in [3.8, 4) is 0 Å². The lowest BCUT2D eigenvalue weighted by Gasteiger charge is -2.29. The molecule has 0 saturated heterocycles. The molecule has 0 aliphatic carbocycles. The fourth-order valence-electron chi connectivity index (χ4n) is 4.07. The molecule has 0 spiro atoms. The molecule has 1 atom stereocenters. The molecule has 0 unspecified atom stereocenters. The van der Waals surface area contributed by atoms with Gasteiger partial charge in [-0.15, -0.1) is 0 Å². The van der Waals surface area contributed by atoms with Crippen molar-refractivity contribution in [2.75, 3.05) is 0 Å². The van der Waals surface area contributed by atoms with Crippen LogP contribution in [0.5, 0.6) is 0 Å². The second-order valence-electron chi connectivity index (χ2n) is 9.86. The Labute approximate surface area is 211 Å². The SMILES string of the molecule is CC(C)(C)OC(=O)N[C@H](Cc1ccccc1)C(=O)N(Cc1ccccc1)Cc1ccc2occc2c1. The quantitative estimate of drug-likeness (QED) is 0.328. The molecule has 0 radical (unpaired) electrons. The average Bonchev–Trinajstić information content (AvgIpc) is 3.31. The first kappa shape index (κ1) is 25.0. The van der Waals surface area contributed by atoms with Crippen LogP contribution in [0.2, 0.25) is 0 Å². The molecule has 0 aliphatic heterocycles. The average molecular weight is 485 g/mol. The Kier molecular flexibility index (Phi) is 7.74. The van der Waals surface area contributed by atoms with E-state index in [1.807, 2.05) is 84.9 Å². The van der Waals surface area contributed by atoms with E-state index in [0.717, 1.165) is 27.7 Å². The van der Waals surface area contributed by atoms with Crippen molar-refractivity contribution < 1.29 is 18.7 Å². The highest BCUT2D eigenvalue weighted by Gasteiger charge is 2.29. The molecule has 0 bridgehead atoms. The topological polar surface area (TPSA) is 71.8 Å². The number of nitrogens with zero attached hydrogens (tertiary/aromatic N) is 1. The Hall–Kier alpha value is -4.06. The summed E-state index contributed by atoms with van der Waals surface area (Å²) in [5.74, 6) is -0.180. The van der Waals surface area contributed by atoms with Gasteiger partial charge in [-0.05, 0) is 55.7 Å². The fraction of sp³-hybridized carbons (Fsp3) is 0.267. The zero-order valence-corrected chi connectivity index (χ0v) is 20.9. The van der Waals surface area contributed by atoms with Crippen molar-refractivity contribution in [1.82, 2.24) is 10.2 Å². The molecule has 1 N–H and O–H groups in total. The van der Waals surface area contributed by atoms with Crippen molar-refractivity contribution in [2.45, 2.75) is 51.9 Å². The third kappa shape index (κ3) is 6.98. The van der Waals surface area contributed by atoms with E-state index < -0.39 is 17.7 Å². The molecule has 4 rings (SSSR count). The van der Waals surface area contributed by atoms with E-state index >= 15 is 0 Å². The number of furan rings is 1. The molecule has 36 heavy (non-hydrogen) atoms. The molecular formula is C30H32N2O4. The minimum Gasteiger partial charge on any atom is -0.464 e. The number of hydrogen-bond donors (Lipinski definition) is 1. The van der Waals surface area contributed by atoms with Gasteiger partial charge in [-0.25, -0.2) is 4.79 Å². The highest BCUT2D eigenvalue weighted by molar-refractivity contribution is 5.86. The summed E-state index contributed by atoms with van der Waals surface area (Å²) in [5.41, 5.74) is 3.06. The second kappa shape index (κ2) is 11.1. The van der Waals surface area contributed by atoms with Crippen LogP contribution in [0.15, 0.2) is 95.6 Å². The molecule has 186 valence electrons. The zero-order valence-electron chi connectivity index (χ0n) is 20.9. The van der Waals surface area contributed by atoms with Crippen LogP contribution in [0.1, 0.15) is 37.5 Å². The van der Waals surface area contributed by atoms with E-state index in [0.29, 0.717) is 19.5 Å². The Morgan fingerprint density at radius 1 is 0.861 bits per heavy atom. The first-order chi connectivity index (χ1) is 17.3. The lowest BCUT2D eigenvalue weighted by molar-refractivity contribution is -0.134. The van der Waals surface area contributed by atoms with E-state index in [-0.39, 0.29) is 5.91 Å². The Morgan fingerprint density at radius 3 is 2.17 bits per heavy atom. The van der Waals surface area contributed by atoms with Gasteiger partial charge in [0.15, 0.2) is 0 Å². The number of fused-ring (bicyclic) bond motifs is 1. The number of carbonyl (C=O) groups excluding carboxylic acids is 2. The smallest absolute Gasteiger partial charge is 0.408 e. The molecule has 6 nitrogen and oxygen atoms in total. The monoisotopic (exact) mass is 484 g/mol. The van der Waals surface area contributed by atoms with Gasteiger partial charge in [-0.2, -0.15) is 0 Å². The highest BCUT2D eigenvalue weighted by Crippen LogP contribution is 2.20.